The first-order chi connectivity index (χ1) is 12.1. The standard InChI is InChI=1S/C17H16F2N4OS/c1-21-5-7-22(8-6-21)16-12(18)10-11-13(24)2-4-23(15(11)14(16)19)17-20-3-9-25-17/h2-4,9-10H,5-8H2,1H3. The van der Waals surface area contributed by atoms with Crippen LogP contribution in [0.25, 0.3) is 16.0 Å². The summed E-state index contributed by atoms with van der Waals surface area (Å²) in [5.74, 6) is -1.42. The lowest BCUT2D eigenvalue weighted by Gasteiger charge is -2.34. The molecule has 0 spiro atoms. The van der Waals surface area contributed by atoms with Crippen LogP contribution in [0.2, 0.25) is 0 Å². The molecule has 1 aliphatic rings. The van der Waals surface area contributed by atoms with Gasteiger partial charge in [-0.3, -0.25) is 9.36 Å². The van der Waals surface area contributed by atoms with Crippen molar-refractivity contribution in [2.24, 2.45) is 0 Å². The number of rotatable bonds is 2. The lowest BCUT2D eigenvalue weighted by molar-refractivity contribution is 0.310. The minimum absolute atomic E-state index is 0.0191. The third-order valence-electron chi connectivity index (χ3n) is 4.49. The van der Waals surface area contributed by atoms with Crippen molar-refractivity contribution in [2.45, 2.75) is 0 Å². The summed E-state index contributed by atoms with van der Waals surface area (Å²) in [5, 5.41) is 2.31. The Morgan fingerprint density at radius 2 is 1.96 bits per heavy atom. The van der Waals surface area contributed by atoms with Crippen LogP contribution in [0.5, 0.6) is 0 Å². The number of piperazine rings is 1. The van der Waals surface area contributed by atoms with E-state index in [1.54, 1.807) is 16.5 Å². The number of thiazole rings is 1. The first kappa shape index (κ1) is 16.2. The second-order valence-electron chi connectivity index (χ2n) is 6.07. The first-order valence-corrected chi connectivity index (χ1v) is 8.81. The summed E-state index contributed by atoms with van der Waals surface area (Å²) in [4.78, 5) is 20.1. The zero-order chi connectivity index (χ0) is 17.6. The number of benzene rings is 1. The number of anilines is 1. The molecular weight excluding hydrogens is 346 g/mol. The van der Waals surface area contributed by atoms with Gasteiger partial charge in [0.15, 0.2) is 16.4 Å². The van der Waals surface area contributed by atoms with Crippen molar-refractivity contribution in [1.29, 1.82) is 0 Å². The normalized spacial score (nSPS) is 15.9. The highest BCUT2D eigenvalue weighted by atomic mass is 32.1. The molecule has 1 aromatic carbocycles. The van der Waals surface area contributed by atoms with Gasteiger partial charge < -0.3 is 9.80 Å². The van der Waals surface area contributed by atoms with Crippen LogP contribution in [0.1, 0.15) is 0 Å². The van der Waals surface area contributed by atoms with Gasteiger partial charge in [-0.05, 0) is 13.1 Å². The Balaban J connectivity index is 1.97. The number of hydrogen-bond donors (Lipinski definition) is 0. The van der Waals surface area contributed by atoms with Gasteiger partial charge in [0.1, 0.15) is 11.5 Å². The van der Waals surface area contributed by atoms with E-state index in [1.807, 2.05) is 7.05 Å². The van der Waals surface area contributed by atoms with Crippen molar-refractivity contribution in [3.05, 3.63) is 51.8 Å². The molecular formula is C17H16F2N4OS. The molecule has 3 aromatic rings. The molecule has 5 nitrogen and oxygen atoms in total. The van der Waals surface area contributed by atoms with E-state index in [2.05, 4.69) is 9.88 Å². The Morgan fingerprint density at radius 3 is 2.64 bits per heavy atom. The topological polar surface area (TPSA) is 41.4 Å². The molecule has 0 saturated carbocycles. The summed E-state index contributed by atoms with van der Waals surface area (Å²) >= 11 is 1.32. The second kappa shape index (κ2) is 6.20. The Labute approximate surface area is 146 Å². The van der Waals surface area contributed by atoms with E-state index >= 15 is 4.39 Å². The van der Waals surface area contributed by atoms with Gasteiger partial charge in [0.2, 0.25) is 0 Å². The molecule has 4 rings (SSSR count). The van der Waals surface area contributed by atoms with Gasteiger partial charge in [-0.15, -0.1) is 11.3 Å². The predicted octanol–water partition coefficient (Wildman–Crippen LogP) is 2.48. The molecule has 1 fully saturated rings. The molecule has 0 bridgehead atoms. The summed E-state index contributed by atoms with van der Waals surface area (Å²) in [5.41, 5.74) is -0.417. The number of nitrogens with zero attached hydrogens (tertiary/aromatic N) is 4. The van der Waals surface area contributed by atoms with Crippen LogP contribution >= 0.6 is 11.3 Å². The van der Waals surface area contributed by atoms with Crippen molar-refractivity contribution in [3.63, 3.8) is 0 Å². The van der Waals surface area contributed by atoms with Gasteiger partial charge in [-0.1, -0.05) is 0 Å². The van der Waals surface area contributed by atoms with E-state index in [0.29, 0.717) is 18.2 Å². The third-order valence-corrected chi connectivity index (χ3v) is 5.27. The predicted molar refractivity (Wildman–Crippen MR) is 94.8 cm³/mol. The molecule has 0 amide bonds. The first-order valence-electron chi connectivity index (χ1n) is 7.93. The number of aromatic nitrogens is 2. The number of likely N-dealkylation sites (N-methyl/N-ethyl adjacent to an activating group) is 1. The van der Waals surface area contributed by atoms with Gasteiger partial charge in [0, 0.05) is 50.0 Å². The fourth-order valence-corrected chi connectivity index (χ4v) is 3.77. The van der Waals surface area contributed by atoms with Crippen molar-refractivity contribution in [3.8, 4) is 5.13 Å². The third kappa shape index (κ3) is 2.71. The molecule has 130 valence electrons. The monoisotopic (exact) mass is 362 g/mol. The molecule has 1 aliphatic heterocycles. The summed E-state index contributed by atoms with van der Waals surface area (Å²) < 4.78 is 31.5. The highest BCUT2D eigenvalue weighted by Crippen LogP contribution is 2.31. The average molecular weight is 362 g/mol. The van der Waals surface area contributed by atoms with E-state index in [-0.39, 0.29) is 16.6 Å². The summed E-state index contributed by atoms with van der Waals surface area (Å²) in [7, 11) is 1.98. The van der Waals surface area contributed by atoms with Crippen molar-refractivity contribution >= 4 is 27.9 Å². The second-order valence-corrected chi connectivity index (χ2v) is 6.95. The quantitative estimate of drug-likeness (QED) is 0.702. The largest absolute Gasteiger partial charge is 0.364 e. The Hall–Kier alpha value is -2.32. The van der Waals surface area contributed by atoms with Crippen LogP contribution in [0.15, 0.2) is 34.7 Å². The van der Waals surface area contributed by atoms with Crippen LogP contribution in [-0.2, 0) is 0 Å². The highest BCUT2D eigenvalue weighted by molar-refractivity contribution is 7.12. The van der Waals surface area contributed by atoms with Crippen molar-refractivity contribution in [1.82, 2.24) is 14.5 Å². The lowest BCUT2D eigenvalue weighted by Crippen LogP contribution is -2.45. The number of hydrogen-bond acceptors (Lipinski definition) is 5. The molecule has 0 aliphatic carbocycles. The Bertz CT molecular complexity index is 978. The molecule has 3 heterocycles. The van der Waals surface area contributed by atoms with E-state index in [1.165, 1.54) is 28.2 Å². The maximum Gasteiger partial charge on any atom is 0.194 e. The summed E-state index contributed by atoms with van der Waals surface area (Å²) in [6.45, 7) is 2.52. The average Bonchev–Trinajstić information content (AvgIpc) is 3.12. The molecule has 25 heavy (non-hydrogen) atoms. The maximum absolute atomic E-state index is 15.4. The minimum Gasteiger partial charge on any atom is -0.364 e. The summed E-state index contributed by atoms with van der Waals surface area (Å²) in [6.07, 6.45) is 3.09. The van der Waals surface area contributed by atoms with Crippen molar-refractivity contribution in [2.75, 3.05) is 38.1 Å². The van der Waals surface area contributed by atoms with Crippen molar-refractivity contribution < 1.29 is 8.78 Å². The number of pyridine rings is 1. The molecule has 0 radical (unpaired) electrons. The Kier molecular flexibility index (Phi) is 4.01. The van der Waals surface area contributed by atoms with Gasteiger partial charge >= 0.3 is 0 Å². The van der Waals surface area contributed by atoms with E-state index in [9.17, 15) is 9.18 Å². The number of fused-ring (bicyclic) bond motifs is 1. The van der Waals surface area contributed by atoms with Gasteiger partial charge in [-0.25, -0.2) is 13.8 Å². The van der Waals surface area contributed by atoms with Crippen LogP contribution < -0.4 is 10.3 Å². The smallest absolute Gasteiger partial charge is 0.194 e. The van der Waals surface area contributed by atoms with Gasteiger partial charge in [0.05, 0.1) is 10.9 Å². The van der Waals surface area contributed by atoms with E-state index < -0.39 is 17.1 Å². The zero-order valence-corrected chi connectivity index (χ0v) is 14.4. The van der Waals surface area contributed by atoms with E-state index in [0.717, 1.165) is 19.2 Å². The van der Waals surface area contributed by atoms with Crippen LogP contribution in [0.4, 0.5) is 14.5 Å². The highest BCUT2D eigenvalue weighted by Gasteiger charge is 2.25. The molecule has 0 N–H and O–H groups in total. The Morgan fingerprint density at radius 1 is 1.20 bits per heavy atom. The van der Waals surface area contributed by atoms with Crippen LogP contribution in [0.3, 0.4) is 0 Å². The molecule has 8 heteroatoms. The lowest BCUT2D eigenvalue weighted by atomic mass is 10.1. The van der Waals surface area contributed by atoms with Gasteiger partial charge in [-0.2, -0.15) is 0 Å². The number of halogens is 2. The molecule has 0 unspecified atom stereocenters. The molecule has 0 atom stereocenters. The fraction of sp³-hybridized carbons (Fsp3) is 0.294. The van der Waals surface area contributed by atoms with Gasteiger partial charge in [0.25, 0.3) is 0 Å². The maximum atomic E-state index is 15.4. The zero-order valence-electron chi connectivity index (χ0n) is 13.6. The SMILES string of the molecule is CN1CCN(c2c(F)cc3c(=O)ccn(-c4nccs4)c3c2F)CC1. The molecule has 2 aromatic heterocycles. The summed E-state index contributed by atoms with van der Waals surface area (Å²) in [6, 6.07) is 2.44. The van der Waals surface area contributed by atoms with Crippen LogP contribution in [-0.4, -0.2) is 47.7 Å². The van der Waals surface area contributed by atoms with E-state index in [4.69, 9.17) is 0 Å². The molecule has 1 saturated heterocycles. The fourth-order valence-electron chi connectivity index (χ4n) is 3.14. The van der Waals surface area contributed by atoms with Crippen LogP contribution in [0, 0.1) is 11.6 Å². The minimum atomic E-state index is -0.715.